The van der Waals surface area contributed by atoms with E-state index in [1.165, 1.54) is 0 Å². The minimum absolute atomic E-state index is 0.0599. The molecule has 0 bridgehead atoms. The maximum absolute atomic E-state index is 12.2. The summed E-state index contributed by atoms with van der Waals surface area (Å²) in [4.78, 5) is 24.7. The fourth-order valence-corrected chi connectivity index (χ4v) is 2.50. The Morgan fingerprint density at radius 3 is 2.78 bits per heavy atom. The van der Waals surface area contributed by atoms with Crippen LogP contribution in [-0.4, -0.2) is 48.2 Å². The Morgan fingerprint density at radius 1 is 1.44 bits per heavy atom. The molecule has 1 saturated heterocycles. The number of methoxy groups -OCH3 is 1. The van der Waals surface area contributed by atoms with Gasteiger partial charge in [-0.3, -0.25) is 9.59 Å². The highest BCUT2D eigenvalue weighted by molar-refractivity contribution is 5.78. The number of piperidine rings is 1. The summed E-state index contributed by atoms with van der Waals surface area (Å²) >= 11 is 0. The largest absolute Gasteiger partial charge is 0.481 e. The fourth-order valence-electron chi connectivity index (χ4n) is 2.50. The maximum Gasteiger partial charge on any atom is 0.305 e. The third kappa shape index (κ3) is 4.64. The van der Waals surface area contributed by atoms with E-state index in [-0.39, 0.29) is 24.3 Å². The number of rotatable bonds is 6. The van der Waals surface area contributed by atoms with E-state index in [2.05, 4.69) is 0 Å². The van der Waals surface area contributed by atoms with Gasteiger partial charge >= 0.3 is 5.97 Å². The average Bonchev–Trinajstić information content (AvgIpc) is 2.28. The molecule has 0 aliphatic carbocycles. The molecule has 5 nitrogen and oxygen atoms in total. The topological polar surface area (TPSA) is 66.8 Å². The van der Waals surface area contributed by atoms with Gasteiger partial charge in [-0.25, -0.2) is 0 Å². The Morgan fingerprint density at radius 2 is 2.17 bits per heavy atom. The second-order valence-corrected chi connectivity index (χ2v) is 5.10. The molecule has 18 heavy (non-hydrogen) atoms. The molecule has 5 heteroatoms. The predicted molar refractivity (Wildman–Crippen MR) is 67.3 cm³/mol. The number of hydrogen-bond acceptors (Lipinski definition) is 3. The fraction of sp³-hybridized carbons (Fsp3) is 0.846. The molecule has 1 amide bonds. The van der Waals surface area contributed by atoms with Crippen molar-refractivity contribution in [1.82, 2.24) is 4.90 Å². The van der Waals surface area contributed by atoms with Crippen LogP contribution in [0.2, 0.25) is 0 Å². The molecular weight excluding hydrogens is 234 g/mol. The van der Waals surface area contributed by atoms with Gasteiger partial charge < -0.3 is 14.7 Å². The molecule has 1 rings (SSSR count). The Hall–Kier alpha value is -1.10. The zero-order valence-electron chi connectivity index (χ0n) is 11.2. The van der Waals surface area contributed by atoms with Gasteiger partial charge in [0.2, 0.25) is 5.91 Å². The van der Waals surface area contributed by atoms with Crippen molar-refractivity contribution >= 4 is 11.9 Å². The highest BCUT2D eigenvalue weighted by atomic mass is 16.5. The van der Waals surface area contributed by atoms with Crippen LogP contribution in [0.5, 0.6) is 0 Å². The minimum atomic E-state index is -0.829. The Kier molecular flexibility index (Phi) is 6.12. The van der Waals surface area contributed by atoms with Gasteiger partial charge in [0.05, 0.1) is 6.42 Å². The molecule has 104 valence electrons. The SMILES string of the molecule is COCC(C)CC(=O)N1CCCCC1CC(=O)O. The standard InChI is InChI=1S/C13H23NO4/c1-10(9-18-2)7-12(15)14-6-4-3-5-11(14)8-13(16)17/h10-11H,3-9H2,1-2H3,(H,16,17). The van der Waals surface area contributed by atoms with Crippen molar-refractivity contribution in [2.24, 2.45) is 5.92 Å². The predicted octanol–water partition coefficient (Wildman–Crippen LogP) is 1.51. The van der Waals surface area contributed by atoms with Crippen molar-refractivity contribution in [3.63, 3.8) is 0 Å². The van der Waals surface area contributed by atoms with Gasteiger partial charge in [0, 0.05) is 32.7 Å². The zero-order chi connectivity index (χ0) is 13.5. The Balaban J connectivity index is 2.54. The van der Waals surface area contributed by atoms with Crippen molar-refractivity contribution < 1.29 is 19.4 Å². The summed E-state index contributed by atoms with van der Waals surface area (Å²) in [6, 6.07) is -0.126. The first-order valence-electron chi connectivity index (χ1n) is 6.54. The van der Waals surface area contributed by atoms with Gasteiger partial charge in [0.1, 0.15) is 0 Å². The van der Waals surface area contributed by atoms with Gasteiger partial charge in [-0.15, -0.1) is 0 Å². The van der Waals surface area contributed by atoms with Crippen LogP contribution >= 0.6 is 0 Å². The summed E-state index contributed by atoms with van der Waals surface area (Å²) < 4.78 is 5.02. The summed E-state index contributed by atoms with van der Waals surface area (Å²) in [7, 11) is 1.62. The second-order valence-electron chi connectivity index (χ2n) is 5.10. The van der Waals surface area contributed by atoms with Crippen LogP contribution in [0.4, 0.5) is 0 Å². The third-order valence-corrected chi connectivity index (χ3v) is 3.33. The molecule has 1 aliphatic rings. The quantitative estimate of drug-likeness (QED) is 0.783. The van der Waals surface area contributed by atoms with E-state index in [0.717, 1.165) is 19.3 Å². The molecular formula is C13H23NO4. The van der Waals surface area contributed by atoms with Crippen molar-refractivity contribution in [3.05, 3.63) is 0 Å². The van der Waals surface area contributed by atoms with Gasteiger partial charge in [-0.2, -0.15) is 0 Å². The second kappa shape index (κ2) is 7.36. The van der Waals surface area contributed by atoms with Crippen molar-refractivity contribution in [1.29, 1.82) is 0 Å². The van der Waals surface area contributed by atoms with Crippen LogP contribution < -0.4 is 0 Å². The van der Waals surface area contributed by atoms with Crippen LogP contribution in [0.25, 0.3) is 0 Å². The molecule has 1 N–H and O–H groups in total. The van der Waals surface area contributed by atoms with E-state index in [9.17, 15) is 9.59 Å². The Bertz CT molecular complexity index is 293. The van der Waals surface area contributed by atoms with Gasteiger partial charge in [-0.1, -0.05) is 6.92 Å². The maximum atomic E-state index is 12.2. The number of nitrogens with zero attached hydrogens (tertiary/aromatic N) is 1. The monoisotopic (exact) mass is 257 g/mol. The molecule has 0 aromatic carbocycles. The summed E-state index contributed by atoms with van der Waals surface area (Å²) in [5.74, 6) is -0.593. The molecule has 1 heterocycles. The summed E-state index contributed by atoms with van der Waals surface area (Å²) in [6.07, 6.45) is 3.28. The van der Waals surface area contributed by atoms with Gasteiger partial charge in [0.15, 0.2) is 0 Å². The first kappa shape index (κ1) is 15.0. The number of aliphatic carboxylic acids is 1. The number of amides is 1. The van der Waals surface area contributed by atoms with E-state index >= 15 is 0 Å². The lowest BCUT2D eigenvalue weighted by atomic mass is 9.97. The van der Waals surface area contributed by atoms with Gasteiger partial charge in [0.25, 0.3) is 0 Å². The van der Waals surface area contributed by atoms with E-state index in [4.69, 9.17) is 9.84 Å². The average molecular weight is 257 g/mol. The first-order valence-corrected chi connectivity index (χ1v) is 6.54. The van der Waals surface area contributed by atoms with Crippen LogP contribution in [0.1, 0.15) is 39.0 Å². The molecule has 1 aliphatic heterocycles. The van der Waals surface area contributed by atoms with Crippen LogP contribution in [-0.2, 0) is 14.3 Å². The highest BCUT2D eigenvalue weighted by Gasteiger charge is 2.28. The van der Waals surface area contributed by atoms with E-state index in [1.54, 1.807) is 12.0 Å². The van der Waals surface area contributed by atoms with Crippen LogP contribution in [0, 0.1) is 5.92 Å². The minimum Gasteiger partial charge on any atom is -0.481 e. The molecule has 0 saturated carbocycles. The molecule has 0 spiro atoms. The van der Waals surface area contributed by atoms with Crippen molar-refractivity contribution in [2.45, 2.75) is 45.1 Å². The van der Waals surface area contributed by atoms with E-state index in [1.807, 2.05) is 6.92 Å². The molecule has 0 aromatic rings. The van der Waals surface area contributed by atoms with Crippen LogP contribution in [0.3, 0.4) is 0 Å². The number of hydrogen-bond donors (Lipinski definition) is 1. The Labute approximate surface area is 108 Å². The normalized spacial score (nSPS) is 21.7. The third-order valence-electron chi connectivity index (χ3n) is 3.33. The first-order chi connectivity index (χ1) is 8.54. The summed E-state index contributed by atoms with van der Waals surface area (Å²) in [5, 5.41) is 8.87. The molecule has 0 aromatic heterocycles. The molecule has 2 unspecified atom stereocenters. The number of likely N-dealkylation sites (tertiary alicyclic amines) is 1. The number of carboxylic acid groups (broad SMARTS) is 1. The highest BCUT2D eigenvalue weighted by Crippen LogP contribution is 2.21. The van der Waals surface area contributed by atoms with Crippen molar-refractivity contribution in [2.75, 3.05) is 20.3 Å². The summed E-state index contributed by atoms with van der Waals surface area (Å²) in [5.41, 5.74) is 0. The van der Waals surface area contributed by atoms with E-state index < -0.39 is 5.97 Å². The van der Waals surface area contributed by atoms with Crippen LogP contribution in [0.15, 0.2) is 0 Å². The zero-order valence-corrected chi connectivity index (χ0v) is 11.2. The summed E-state index contributed by atoms with van der Waals surface area (Å²) in [6.45, 7) is 3.22. The lowest BCUT2D eigenvalue weighted by Crippen LogP contribution is -2.45. The molecule has 0 radical (unpaired) electrons. The number of carbonyl (C=O) groups is 2. The van der Waals surface area contributed by atoms with Crippen molar-refractivity contribution in [3.8, 4) is 0 Å². The lowest BCUT2D eigenvalue weighted by Gasteiger charge is -2.35. The number of ether oxygens (including phenoxy) is 1. The molecule has 1 fully saturated rings. The lowest BCUT2D eigenvalue weighted by molar-refractivity contribution is -0.142. The smallest absolute Gasteiger partial charge is 0.305 e. The number of carboxylic acids is 1. The molecule has 2 atom stereocenters. The van der Waals surface area contributed by atoms with E-state index in [0.29, 0.717) is 19.6 Å². The van der Waals surface area contributed by atoms with Gasteiger partial charge in [-0.05, 0) is 25.2 Å². The number of carbonyl (C=O) groups excluding carboxylic acids is 1.